The molecule has 0 spiro atoms. The van der Waals surface area contributed by atoms with Crippen molar-refractivity contribution in [3.63, 3.8) is 0 Å². The summed E-state index contributed by atoms with van der Waals surface area (Å²) in [4.78, 5) is 10.7. The lowest BCUT2D eigenvalue weighted by molar-refractivity contribution is -0.383. The lowest BCUT2D eigenvalue weighted by atomic mass is 9.87. The van der Waals surface area contributed by atoms with Gasteiger partial charge < -0.3 is 10.7 Å². The van der Waals surface area contributed by atoms with Crippen LogP contribution in [0.2, 0.25) is 0 Å². The summed E-state index contributed by atoms with van der Waals surface area (Å²) in [7, 11) is 0. The number of nitro benzene ring substituents is 1. The first-order valence-corrected chi connectivity index (χ1v) is 7.20. The summed E-state index contributed by atoms with van der Waals surface area (Å²) in [6, 6.07) is 5.08. The normalized spacial score (nSPS) is 15.8. The Hall–Kier alpha value is -1.82. The van der Waals surface area contributed by atoms with E-state index in [9.17, 15) is 10.1 Å². The van der Waals surface area contributed by atoms with E-state index in [1.807, 2.05) is 0 Å². The molecule has 1 aliphatic carbocycles. The largest absolute Gasteiger partial charge is 0.379 e. The Balaban J connectivity index is 1.96. The number of hydrazine groups is 1. The lowest BCUT2D eigenvalue weighted by Crippen LogP contribution is -2.14. The Morgan fingerprint density at radius 2 is 1.95 bits per heavy atom. The fourth-order valence-electron chi connectivity index (χ4n) is 2.89. The molecule has 0 heterocycles. The highest BCUT2D eigenvalue weighted by Crippen LogP contribution is 2.32. The predicted octanol–water partition coefficient (Wildman–Crippen LogP) is 3.26. The van der Waals surface area contributed by atoms with Crippen LogP contribution >= 0.6 is 0 Å². The van der Waals surface area contributed by atoms with Crippen molar-refractivity contribution < 1.29 is 4.92 Å². The minimum atomic E-state index is -0.405. The average molecular weight is 278 g/mol. The first-order valence-electron chi connectivity index (χ1n) is 7.20. The van der Waals surface area contributed by atoms with Gasteiger partial charge in [-0.15, -0.1) is 0 Å². The second-order valence-electron chi connectivity index (χ2n) is 5.32. The highest BCUT2D eigenvalue weighted by Gasteiger charge is 2.19. The van der Waals surface area contributed by atoms with E-state index in [0.717, 1.165) is 18.9 Å². The predicted molar refractivity (Wildman–Crippen MR) is 80.6 cm³/mol. The van der Waals surface area contributed by atoms with E-state index in [4.69, 9.17) is 5.84 Å². The topological polar surface area (TPSA) is 93.2 Å². The Kier molecular flexibility index (Phi) is 5.17. The van der Waals surface area contributed by atoms with Crippen LogP contribution in [0.5, 0.6) is 0 Å². The molecule has 0 atom stereocenters. The molecule has 0 radical (unpaired) electrons. The molecule has 0 unspecified atom stereocenters. The van der Waals surface area contributed by atoms with Crippen molar-refractivity contribution in [1.29, 1.82) is 0 Å². The van der Waals surface area contributed by atoms with Crippen LogP contribution in [0.1, 0.15) is 38.5 Å². The van der Waals surface area contributed by atoms with Crippen LogP contribution in [-0.4, -0.2) is 11.5 Å². The molecule has 20 heavy (non-hydrogen) atoms. The molecule has 6 heteroatoms. The van der Waals surface area contributed by atoms with Gasteiger partial charge in [0.2, 0.25) is 0 Å². The third-order valence-corrected chi connectivity index (χ3v) is 3.97. The van der Waals surface area contributed by atoms with Gasteiger partial charge in [-0.2, -0.15) is 0 Å². The van der Waals surface area contributed by atoms with E-state index in [0.29, 0.717) is 11.4 Å². The number of para-hydroxylation sites is 1. The zero-order valence-corrected chi connectivity index (χ0v) is 11.6. The Morgan fingerprint density at radius 3 is 2.60 bits per heavy atom. The standard InChI is InChI=1S/C14H22N4O2/c15-17-13-8-4-7-12(14(13)18(19)20)16-10-9-11-5-2-1-3-6-11/h4,7-8,11,16-17H,1-3,5-6,9-10,15H2. The Bertz CT molecular complexity index is 458. The van der Waals surface area contributed by atoms with Crippen LogP contribution in [0.4, 0.5) is 17.1 Å². The molecule has 2 rings (SSSR count). The molecule has 0 bridgehead atoms. The molecule has 1 fully saturated rings. The summed E-state index contributed by atoms with van der Waals surface area (Å²) in [6.45, 7) is 0.763. The summed E-state index contributed by atoms with van der Waals surface area (Å²) in [5.74, 6) is 6.08. The molecule has 4 N–H and O–H groups in total. The zero-order valence-electron chi connectivity index (χ0n) is 11.6. The molecule has 0 amide bonds. The quantitative estimate of drug-likeness (QED) is 0.422. The van der Waals surface area contributed by atoms with Crippen molar-refractivity contribution >= 4 is 17.1 Å². The SMILES string of the molecule is NNc1cccc(NCCC2CCCCC2)c1[N+](=O)[O-]. The van der Waals surface area contributed by atoms with Crippen LogP contribution in [0.15, 0.2) is 18.2 Å². The number of nitro groups is 1. The van der Waals surface area contributed by atoms with Gasteiger partial charge in [0.15, 0.2) is 0 Å². The van der Waals surface area contributed by atoms with Crippen molar-refractivity contribution in [2.75, 3.05) is 17.3 Å². The van der Waals surface area contributed by atoms with Crippen molar-refractivity contribution in [3.05, 3.63) is 28.3 Å². The van der Waals surface area contributed by atoms with Gasteiger partial charge in [-0.05, 0) is 24.5 Å². The second-order valence-corrected chi connectivity index (χ2v) is 5.32. The van der Waals surface area contributed by atoms with E-state index >= 15 is 0 Å². The third-order valence-electron chi connectivity index (χ3n) is 3.97. The minimum absolute atomic E-state index is 0.0126. The van der Waals surface area contributed by atoms with Crippen molar-refractivity contribution in [2.24, 2.45) is 11.8 Å². The highest BCUT2D eigenvalue weighted by molar-refractivity contribution is 5.75. The number of nitrogens with zero attached hydrogens (tertiary/aromatic N) is 1. The minimum Gasteiger partial charge on any atom is -0.379 e. The molecule has 1 aliphatic rings. The number of benzene rings is 1. The summed E-state index contributed by atoms with van der Waals surface area (Å²) in [5, 5.41) is 14.3. The van der Waals surface area contributed by atoms with Crippen LogP contribution in [0, 0.1) is 16.0 Å². The smallest absolute Gasteiger partial charge is 0.316 e. The van der Waals surface area contributed by atoms with E-state index in [1.165, 1.54) is 32.1 Å². The fraction of sp³-hybridized carbons (Fsp3) is 0.571. The summed E-state index contributed by atoms with van der Waals surface area (Å²) >= 11 is 0. The molecule has 1 aromatic carbocycles. The van der Waals surface area contributed by atoms with Gasteiger partial charge in [-0.3, -0.25) is 16.0 Å². The van der Waals surface area contributed by atoms with Crippen LogP contribution < -0.4 is 16.6 Å². The Labute approximate surface area is 118 Å². The van der Waals surface area contributed by atoms with Gasteiger partial charge in [-0.25, -0.2) is 0 Å². The number of anilines is 2. The molecule has 6 nitrogen and oxygen atoms in total. The first-order chi connectivity index (χ1) is 9.72. The van der Waals surface area contributed by atoms with Gasteiger partial charge in [0.05, 0.1) is 4.92 Å². The molecule has 1 aromatic rings. The summed E-state index contributed by atoms with van der Waals surface area (Å²) in [6.07, 6.45) is 7.62. The summed E-state index contributed by atoms with van der Waals surface area (Å²) in [5.41, 5.74) is 3.25. The molecular formula is C14H22N4O2. The molecule has 0 saturated heterocycles. The number of nitrogens with two attached hydrogens (primary N) is 1. The fourth-order valence-corrected chi connectivity index (χ4v) is 2.89. The van der Waals surface area contributed by atoms with Crippen molar-refractivity contribution in [1.82, 2.24) is 0 Å². The van der Waals surface area contributed by atoms with E-state index < -0.39 is 4.92 Å². The van der Waals surface area contributed by atoms with Gasteiger partial charge in [-0.1, -0.05) is 38.2 Å². The van der Waals surface area contributed by atoms with Crippen LogP contribution in [0.25, 0.3) is 0 Å². The Morgan fingerprint density at radius 1 is 1.25 bits per heavy atom. The monoisotopic (exact) mass is 278 g/mol. The number of rotatable bonds is 6. The average Bonchev–Trinajstić information content (AvgIpc) is 2.47. The lowest BCUT2D eigenvalue weighted by Gasteiger charge is -2.21. The summed E-state index contributed by atoms with van der Waals surface area (Å²) < 4.78 is 0. The maximum absolute atomic E-state index is 11.1. The van der Waals surface area contributed by atoms with Gasteiger partial charge >= 0.3 is 5.69 Å². The molecule has 0 aromatic heterocycles. The number of nitrogens with one attached hydrogen (secondary N) is 2. The first kappa shape index (κ1) is 14.6. The van der Waals surface area contributed by atoms with Gasteiger partial charge in [0.1, 0.15) is 11.4 Å². The molecular weight excluding hydrogens is 256 g/mol. The third kappa shape index (κ3) is 3.60. The van der Waals surface area contributed by atoms with Gasteiger partial charge in [0, 0.05) is 6.54 Å². The zero-order chi connectivity index (χ0) is 14.4. The maximum Gasteiger partial charge on any atom is 0.316 e. The number of hydrogen-bond acceptors (Lipinski definition) is 5. The van der Waals surface area contributed by atoms with Crippen LogP contribution in [-0.2, 0) is 0 Å². The highest BCUT2D eigenvalue weighted by atomic mass is 16.6. The molecule has 110 valence electrons. The molecule has 0 aliphatic heterocycles. The van der Waals surface area contributed by atoms with Crippen molar-refractivity contribution in [3.8, 4) is 0 Å². The van der Waals surface area contributed by atoms with Crippen LogP contribution in [0.3, 0.4) is 0 Å². The van der Waals surface area contributed by atoms with Gasteiger partial charge in [0.25, 0.3) is 0 Å². The van der Waals surface area contributed by atoms with E-state index in [2.05, 4.69) is 10.7 Å². The van der Waals surface area contributed by atoms with E-state index in [-0.39, 0.29) is 5.69 Å². The second kappa shape index (κ2) is 7.09. The number of hydrogen-bond donors (Lipinski definition) is 3. The number of nitrogen functional groups attached to an aromatic ring is 1. The van der Waals surface area contributed by atoms with Crippen molar-refractivity contribution in [2.45, 2.75) is 38.5 Å². The maximum atomic E-state index is 11.1. The molecule has 1 saturated carbocycles. The van der Waals surface area contributed by atoms with E-state index in [1.54, 1.807) is 18.2 Å².